The number of nitrogens with zero attached hydrogens (tertiary/aromatic N) is 3. The zero-order valence-electron chi connectivity index (χ0n) is 12.5. The number of amides is 1. The lowest BCUT2D eigenvalue weighted by Crippen LogP contribution is -2.29. The van der Waals surface area contributed by atoms with Gasteiger partial charge >= 0.3 is 0 Å². The maximum atomic E-state index is 12.1. The Morgan fingerprint density at radius 2 is 2.17 bits per heavy atom. The van der Waals surface area contributed by atoms with Crippen molar-refractivity contribution in [1.29, 1.82) is 0 Å². The lowest BCUT2D eigenvalue weighted by atomic mass is 10.3. The average molecular weight is 334 g/mol. The first-order valence-corrected chi connectivity index (χ1v) is 7.80. The Labute approximate surface area is 135 Å². The van der Waals surface area contributed by atoms with Gasteiger partial charge in [-0.2, -0.15) is 0 Å². The first-order valence-electron chi connectivity index (χ1n) is 6.57. The molecule has 23 heavy (non-hydrogen) atoms. The van der Waals surface area contributed by atoms with Gasteiger partial charge in [-0.25, -0.2) is 4.98 Å². The van der Waals surface area contributed by atoms with Gasteiger partial charge in [-0.3, -0.25) is 24.3 Å². The number of hydrogen-bond acceptors (Lipinski definition) is 6. The summed E-state index contributed by atoms with van der Waals surface area (Å²) in [5.41, 5.74) is 0.426. The number of aryl methyl sites for hydroxylation is 1. The largest absolute Gasteiger partial charge is 0.324 e. The first-order chi connectivity index (χ1) is 10.9. The van der Waals surface area contributed by atoms with Crippen LogP contribution in [0.5, 0.6) is 0 Å². The van der Waals surface area contributed by atoms with Crippen molar-refractivity contribution >= 4 is 29.0 Å². The molecule has 0 saturated carbocycles. The van der Waals surface area contributed by atoms with Crippen LogP contribution < -0.4 is 10.9 Å². The summed E-state index contributed by atoms with van der Waals surface area (Å²) in [7, 11) is 0. The maximum absolute atomic E-state index is 12.1. The molecule has 1 aromatic heterocycles. The van der Waals surface area contributed by atoms with Gasteiger partial charge in [0.2, 0.25) is 5.91 Å². The third-order valence-electron chi connectivity index (χ3n) is 2.93. The molecule has 0 aliphatic rings. The van der Waals surface area contributed by atoms with Crippen LogP contribution in [0.15, 0.2) is 40.3 Å². The number of nitro groups is 1. The molecule has 0 unspecified atom stereocenters. The van der Waals surface area contributed by atoms with Gasteiger partial charge in [-0.15, -0.1) is 0 Å². The van der Waals surface area contributed by atoms with E-state index in [1.165, 1.54) is 46.7 Å². The molecule has 2 aromatic rings. The van der Waals surface area contributed by atoms with Gasteiger partial charge in [-0.1, -0.05) is 17.8 Å². The van der Waals surface area contributed by atoms with Crippen LogP contribution in [0.2, 0.25) is 0 Å². The van der Waals surface area contributed by atoms with E-state index in [0.29, 0.717) is 16.5 Å². The van der Waals surface area contributed by atoms with E-state index in [9.17, 15) is 19.7 Å². The summed E-state index contributed by atoms with van der Waals surface area (Å²) in [6.45, 7) is 1.49. The minimum atomic E-state index is -0.546. The van der Waals surface area contributed by atoms with E-state index < -0.39 is 10.8 Å². The molecule has 2 rings (SSSR count). The van der Waals surface area contributed by atoms with Gasteiger partial charge in [0.1, 0.15) is 6.54 Å². The topological polar surface area (TPSA) is 107 Å². The Hall–Kier alpha value is -2.68. The van der Waals surface area contributed by atoms with Gasteiger partial charge in [0.05, 0.1) is 4.92 Å². The van der Waals surface area contributed by atoms with Crippen LogP contribution >= 0.6 is 11.8 Å². The molecule has 0 radical (unpaired) electrons. The molecule has 0 aliphatic carbocycles. The average Bonchev–Trinajstić information content (AvgIpc) is 2.49. The Morgan fingerprint density at radius 3 is 2.83 bits per heavy atom. The van der Waals surface area contributed by atoms with Gasteiger partial charge in [0.15, 0.2) is 5.16 Å². The summed E-state index contributed by atoms with van der Waals surface area (Å²) in [4.78, 5) is 38.5. The molecular weight excluding hydrogens is 320 g/mol. The SMILES string of the molecule is CSc1nc(C)cc(=O)n1CC(=O)Nc1cccc([N+](=O)[O-])c1. The monoisotopic (exact) mass is 334 g/mol. The fourth-order valence-electron chi connectivity index (χ4n) is 1.94. The zero-order chi connectivity index (χ0) is 17.0. The van der Waals surface area contributed by atoms with Crippen LogP contribution in [0.1, 0.15) is 5.69 Å². The molecule has 0 spiro atoms. The minimum absolute atomic E-state index is 0.123. The Balaban J connectivity index is 2.19. The van der Waals surface area contributed by atoms with Gasteiger partial charge < -0.3 is 5.32 Å². The van der Waals surface area contributed by atoms with Crippen molar-refractivity contribution in [1.82, 2.24) is 9.55 Å². The van der Waals surface area contributed by atoms with Crippen LogP contribution in [0.25, 0.3) is 0 Å². The van der Waals surface area contributed by atoms with Crippen molar-refractivity contribution < 1.29 is 9.72 Å². The van der Waals surface area contributed by atoms with Crippen molar-refractivity contribution in [2.24, 2.45) is 0 Å². The molecule has 0 fully saturated rings. The fourth-order valence-corrected chi connectivity index (χ4v) is 2.55. The van der Waals surface area contributed by atoms with E-state index >= 15 is 0 Å². The normalized spacial score (nSPS) is 10.3. The number of hydrogen-bond donors (Lipinski definition) is 1. The predicted molar refractivity (Wildman–Crippen MR) is 86.7 cm³/mol. The zero-order valence-corrected chi connectivity index (χ0v) is 13.3. The molecule has 0 bridgehead atoms. The number of nitrogens with one attached hydrogen (secondary N) is 1. The molecule has 0 aliphatic heterocycles. The summed E-state index contributed by atoms with van der Waals surface area (Å²) in [5, 5.41) is 13.7. The number of non-ortho nitro benzene ring substituents is 1. The highest BCUT2D eigenvalue weighted by molar-refractivity contribution is 7.98. The molecule has 1 N–H and O–H groups in total. The van der Waals surface area contributed by atoms with Crippen LogP contribution in [-0.4, -0.2) is 26.6 Å². The summed E-state index contributed by atoms with van der Waals surface area (Å²) in [5.74, 6) is -0.464. The lowest BCUT2D eigenvalue weighted by Gasteiger charge is -2.11. The van der Waals surface area contributed by atoms with Crippen LogP contribution in [0.4, 0.5) is 11.4 Å². The van der Waals surface area contributed by atoms with E-state index in [-0.39, 0.29) is 17.8 Å². The molecule has 8 nitrogen and oxygen atoms in total. The minimum Gasteiger partial charge on any atom is -0.324 e. The Morgan fingerprint density at radius 1 is 1.43 bits per heavy atom. The highest BCUT2D eigenvalue weighted by atomic mass is 32.2. The molecule has 0 saturated heterocycles. The molecule has 9 heteroatoms. The third-order valence-corrected chi connectivity index (χ3v) is 3.60. The highest BCUT2D eigenvalue weighted by Crippen LogP contribution is 2.17. The van der Waals surface area contributed by atoms with Gasteiger partial charge in [-0.05, 0) is 19.2 Å². The summed E-state index contributed by atoms with van der Waals surface area (Å²) < 4.78 is 1.25. The van der Waals surface area contributed by atoms with Crippen LogP contribution in [0.3, 0.4) is 0 Å². The predicted octanol–water partition coefficient (Wildman–Crippen LogP) is 1.82. The molecule has 0 atom stereocenters. The van der Waals surface area contributed by atoms with Gasteiger partial charge in [0, 0.05) is 29.6 Å². The Bertz CT molecular complexity index is 819. The number of benzene rings is 1. The number of thioether (sulfide) groups is 1. The van der Waals surface area contributed by atoms with Crippen molar-refractivity contribution in [3.05, 3.63) is 56.5 Å². The van der Waals surface area contributed by atoms with Crippen LogP contribution in [-0.2, 0) is 11.3 Å². The van der Waals surface area contributed by atoms with E-state index in [1.807, 2.05) is 0 Å². The molecule has 1 heterocycles. The Kier molecular flexibility index (Phi) is 5.12. The number of carbonyl (C=O) groups excluding carboxylic acids is 1. The quantitative estimate of drug-likeness (QED) is 0.387. The van der Waals surface area contributed by atoms with E-state index in [0.717, 1.165) is 0 Å². The number of anilines is 1. The number of rotatable bonds is 5. The van der Waals surface area contributed by atoms with Crippen molar-refractivity contribution in [3.63, 3.8) is 0 Å². The second-order valence-electron chi connectivity index (χ2n) is 4.66. The summed E-state index contributed by atoms with van der Waals surface area (Å²) >= 11 is 1.26. The first kappa shape index (κ1) is 16.7. The molecule has 1 amide bonds. The van der Waals surface area contributed by atoms with Crippen molar-refractivity contribution in [2.75, 3.05) is 11.6 Å². The maximum Gasteiger partial charge on any atom is 0.271 e. The molecule has 1 aromatic carbocycles. The second kappa shape index (κ2) is 7.05. The van der Waals surface area contributed by atoms with Crippen LogP contribution in [0, 0.1) is 17.0 Å². The number of carbonyl (C=O) groups is 1. The summed E-state index contributed by atoms with van der Waals surface area (Å²) in [6, 6.07) is 6.94. The number of nitro benzene ring substituents is 1. The second-order valence-corrected chi connectivity index (χ2v) is 5.44. The van der Waals surface area contributed by atoms with E-state index in [4.69, 9.17) is 0 Å². The van der Waals surface area contributed by atoms with E-state index in [1.54, 1.807) is 13.2 Å². The van der Waals surface area contributed by atoms with Crippen molar-refractivity contribution in [3.8, 4) is 0 Å². The van der Waals surface area contributed by atoms with Gasteiger partial charge in [0.25, 0.3) is 11.2 Å². The number of aromatic nitrogens is 2. The van der Waals surface area contributed by atoms with Crippen molar-refractivity contribution in [2.45, 2.75) is 18.6 Å². The molecule has 120 valence electrons. The standard InChI is InChI=1S/C14H14N4O4S/c1-9-6-13(20)17(14(15-9)23-2)8-12(19)16-10-4-3-5-11(7-10)18(21)22/h3-7H,8H2,1-2H3,(H,16,19). The highest BCUT2D eigenvalue weighted by Gasteiger charge is 2.12. The van der Waals surface area contributed by atoms with E-state index in [2.05, 4.69) is 10.3 Å². The smallest absolute Gasteiger partial charge is 0.271 e. The third kappa shape index (κ3) is 4.16. The lowest BCUT2D eigenvalue weighted by molar-refractivity contribution is -0.384. The molecular formula is C14H14N4O4S. The fraction of sp³-hybridized carbons (Fsp3) is 0.214. The summed E-state index contributed by atoms with van der Waals surface area (Å²) in [6.07, 6.45) is 1.76.